The molecule has 4 heteroatoms. The van der Waals surface area contributed by atoms with E-state index in [9.17, 15) is 0 Å². The highest BCUT2D eigenvalue weighted by molar-refractivity contribution is 5.58. The van der Waals surface area contributed by atoms with Gasteiger partial charge in [-0.25, -0.2) is 9.97 Å². The van der Waals surface area contributed by atoms with Crippen LogP contribution in [0.4, 0.5) is 11.6 Å². The van der Waals surface area contributed by atoms with Gasteiger partial charge in [0.1, 0.15) is 17.5 Å². The number of hydrogen-bond acceptors (Lipinski definition) is 4. The Balaban J connectivity index is 1.84. The summed E-state index contributed by atoms with van der Waals surface area (Å²) in [6.45, 7) is 7.64. The van der Waals surface area contributed by atoms with Crippen LogP contribution in [0.15, 0.2) is 0 Å². The normalized spacial score (nSPS) is 25.1. The quantitative estimate of drug-likeness (QED) is 0.828. The zero-order valence-corrected chi connectivity index (χ0v) is 13.6. The molecule has 1 aromatic heterocycles. The third-order valence-corrected chi connectivity index (χ3v) is 4.83. The highest BCUT2D eigenvalue weighted by Crippen LogP contribution is 2.40. The van der Waals surface area contributed by atoms with Crippen molar-refractivity contribution in [3.05, 3.63) is 11.4 Å². The summed E-state index contributed by atoms with van der Waals surface area (Å²) in [5.41, 5.74) is 1.17. The summed E-state index contributed by atoms with van der Waals surface area (Å²) < 4.78 is 0. The first-order chi connectivity index (χ1) is 10.2. The van der Waals surface area contributed by atoms with E-state index in [2.05, 4.69) is 31.4 Å². The van der Waals surface area contributed by atoms with Crippen LogP contribution in [0.5, 0.6) is 0 Å². The number of nitrogens with one attached hydrogen (secondary N) is 2. The van der Waals surface area contributed by atoms with Crippen molar-refractivity contribution >= 4 is 11.6 Å². The lowest BCUT2D eigenvalue weighted by Crippen LogP contribution is -2.24. The van der Waals surface area contributed by atoms with Crippen LogP contribution in [0.3, 0.4) is 0 Å². The Bertz CT molecular complexity index is 496. The van der Waals surface area contributed by atoms with E-state index in [1.54, 1.807) is 0 Å². The van der Waals surface area contributed by atoms with Gasteiger partial charge in [0.2, 0.25) is 0 Å². The van der Waals surface area contributed by atoms with Crippen LogP contribution >= 0.6 is 0 Å². The minimum Gasteiger partial charge on any atom is -0.370 e. The van der Waals surface area contributed by atoms with Crippen LogP contribution in [0.25, 0.3) is 0 Å². The van der Waals surface area contributed by atoms with Crippen molar-refractivity contribution < 1.29 is 0 Å². The Morgan fingerprint density at radius 3 is 2.48 bits per heavy atom. The summed E-state index contributed by atoms with van der Waals surface area (Å²) in [5, 5.41) is 7.18. The van der Waals surface area contributed by atoms with E-state index in [1.165, 1.54) is 37.7 Å². The van der Waals surface area contributed by atoms with Crippen LogP contribution in [-0.4, -0.2) is 22.6 Å². The van der Waals surface area contributed by atoms with E-state index in [4.69, 9.17) is 9.97 Å². The molecule has 0 amide bonds. The summed E-state index contributed by atoms with van der Waals surface area (Å²) in [5.74, 6) is 4.46. The molecule has 2 aliphatic carbocycles. The fraction of sp³-hybridized carbons (Fsp3) is 0.765. The van der Waals surface area contributed by atoms with E-state index in [-0.39, 0.29) is 0 Å². The predicted molar refractivity (Wildman–Crippen MR) is 88.0 cm³/mol. The average molecular weight is 288 g/mol. The molecule has 2 fully saturated rings. The van der Waals surface area contributed by atoms with E-state index in [0.29, 0.717) is 12.0 Å². The molecule has 0 radical (unpaired) electrons. The molecular weight excluding hydrogens is 260 g/mol. The Morgan fingerprint density at radius 1 is 1.10 bits per heavy atom. The van der Waals surface area contributed by atoms with Crippen molar-refractivity contribution in [3.8, 4) is 0 Å². The molecule has 21 heavy (non-hydrogen) atoms. The van der Waals surface area contributed by atoms with E-state index < -0.39 is 0 Å². The first-order valence-electron chi connectivity index (χ1n) is 8.58. The van der Waals surface area contributed by atoms with Gasteiger partial charge in [-0.3, -0.25) is 0 Å². The van der Waals surface area contributed by atoms with Gasteiger partial charge in [-0.1, -0.05) is 20.3 Å². The molecule has 0 aliphatic heterocycles. The Hall–Kier alpha value is -1.32. The molecular formula is C17H28N4. The Morgan fingerprint density at radius 2 is 1.86 bits per heavy atom. The van der Waals surface area contributed by atoms with Gasteiger partial charge in [0.25, 0.3) is 0 Å². The smallest absolute Gasteiger partial charge is 0.136 e. The maximum Gasteiger partial charge on any atom is 0.136 e. The maximum absolute atomic E-state index is 4.84. The molecule has 3 rings (SSSR count). The summed E-state index contributed by atoms with van der Waals surface area (Å²) >= 11 is 0. The molecule has 2 atom stereocenters. The van der Waals surface area contributed by atoms with Gasteiger partial charge in [0.15, 0.2) is 0 Å². The lowest BCUT2D eigenvalue weighted by Gasteiger charge is -2.21. The highest BCUT2D eigenvalue weighted by atomic mass is 15.1. The molecule has 2 aliphatic rings. The number of hydrogen-bond donors (Lipinski definition) is 2. The van der Waals surface area contributed by atoms with Gasteiger partial charge in [0, 0.05) is 24.1 Å². The Labute approximate surface area is 128 Å². The molecule has 1 aromatic rings. The molecule has 0 bridgehead atoms. The molecule has 2 saturated carbocycles. The second-order valence-electron chi connectivity index (χ2n) is 6.76. The first-order valence-corrected chi connectivity index (χ1v) is 8.58. The number of anilines is 2. The minimum atomic E-state index is 0.574. The van der Waals surface area contributed by atoms with Crippen molar-refractivity contribution in [2.45, 2.75) is 71.3 Å². The third kappa shape index (κ3) is 3.30. The summed E-state index contributed by atoms with van der Waals surface area (Å²) in [6, 6.07) is 0.574. The zero-order chi connectivity index (χ0) is 14.8. The fourth-order valence-corrected chi connectivity index (χ4v) is 3.15. The van der Waals surface area contributed by atoms with Crippen LogP contribution in [0.2, 0.25) is 0 Å². The van der Waals surface area contributed by atoms with Gasteiger partial charge in [-0.05, 0) is 44.9 Å². The largest absolute Gasteiger partial charge is 0.370 e. The van der Waals surface area contributed by atoms with Gasteiger partial charge in [0.05, 0.1) is 0 Å². The van der Waals surface area contributed by atoms with Crippen molar-refractivity contribution in [3.63, 3.8) is 0 Å². The van der Waals surface area contributed by atoms with Crippen molar-refractivity contribution in [2.24, 2.45) is 5.92 Å². The predicted octanol–water partition coefficient (Wildman–Crippen LogP) is 4.08. The molecule has 0 saturated heterocycles. The maximum atomic E-state index is 4.84. The van der Waals surface area contributed by atoms with Crippen LogP contribution < -0.4 is 10.6 Å². The zero-order valence-electron chi connectivity index (χ0n) is 13.6. The molecule has 0 spiro atoms. The lowest BCUT2D eigenvalue weighted by atomic mass is 10.1. The number of aromatic nitrogens is 2. The highest BCUT2D eigenvalue weighted by Gasteiger charge is 2.29. The van der Waals surface area contributed by atoms with Crippen LogP contribution in [-0.2, 0) is 0 Å². The summed E-state index contributed by atoms with van der Waals surface area (Å²) in [4.78, 5) is 9.60. The average Bonchev–Trinajstić information content (AvgIpc) is 3.25. The summed E-state index contributed by atoms with van der Waals surface area (Å²) in [6.07, 6.45) is 7.54. The minimum absolute atomic E-state index is 0.574. The molecule has 2 unspecified atom stereocenters. The van der Waals surface area contributed by atoms with E-state index in [0.717, 1.165) is 36.3 Å². The van der Waals surface area contributed by atoms with Gasteiger partial charge >= 0.3 is 0 Å². The van der Waals surface area contributed by atoms with Crippen LogP contribution in [0.1, 0.15) is 69.7 Å². The topological polar surface area (TPSA) is 49.8 Å². The molecule has 4 nitrogen and oxygen atoms in total. The van der Waals surface area contributed by atoms with Gasteiger partial charge in [-0.2, -0.15) is 0 Å². The second-order valence-corrected chi connectivity index (χ2v) is 6.76. The second kappa shape index (κ2) is 6.20. The van der Waals surface area contributed by atoms with E-state index in [1.807, 2.05) is 0 Å². The molecule has 1 heterocycles. The standard InChI is InChI=1S/C17H28N4/c1-4-10-18-15-12(3)16(19-14-7-5-6-11(14)2)21-17(20-15)13-8-9-13/h11,13-14H,4-10H2,1-3H3,(H2,18,19,20,21). The monoisotopic (exact) mass is 288 g/mol. The summed E-state index contributed by atoms with van der Waals surface area (Å²) in [7, 11) is 0. The van der Waals surface area contributed by atoms with Gasteiger partial charge < -0.3 is 10.6 Å². The number of nitrogens with zero attached hydrogens (tertiary/aromatic N) is 2. The van der Waals surface area contributed by atoms with Crippen LogP contribution in [0, 0.1) is 12.8 Å². The third-order valence-electron chi connectivity index (χ3n) is 4.83. The molecule has 2 N–H and O–H groups in total. The first kappa shape index (κ1) is 14.6. The van der Waals surface area contributed by atoms with Crippen molar-refractivity contribution in [1.82, 2.24) is 9.97 Å². The van der Waals surface area contributed by atoms with Crippen molar-refractivity contribution in [1.29, 1.82) is 0 Å². The number of rotatable bonds is 6. The fourth-order valence-electron chi connectivity index (χ4n) is 3.15. The van der Waals surface area contributed by atoms with Crippen molar-refractivity contribution in [2.75, 3.05) is 17.2 Å². The lowest BCUT2D eigenvalue weighted by molar-refractivity contribution is 0.554. The van der Waals surface area contributed by atoms with E-state index >= 15 is 0 Å². The Kier molecular flexibility index (Phi) is 4.32. The molecule has 116 valence electrons. The molecule has 0 aromatic carbocycles. The van der Waals surface area contributed by atoms with Gasteiger partial charge in [-0.15, -0.1) is 0 Å². The SMILES string of the molecule is CCCNc1nc(C2CC2)nc(NC2CCCC2C)c1C.